The first kappa shape index (κ1) is 17.0. The molecule has 8 heteroatoms. The summed E-state index contributed by atoms with van der Waals surface area (Å²) in [4.78, 5) is -0.138. The second-order valence-electron chi connectivity index (χ2n) is 5.09. The number of alkyl halides is 1. The molecule has 1 heterocycles. The number of hydrogen-bond acceptors (Lipinski definition) is 3. The third kappa shape index (κ3) is 3.51. The Hall–Kier alpha value is -0.400. The summed E-state index contributed by atoms with van der Waals surface area (Å²) in [6, 6.07) is 2.25. The molecule has 2 rings (SSSR count). The lowest BCUT2D eigenvalue weighted by molar-refractivity contribution is -0.0440. The van der Waals surface area contributed by atoms with Crippen molar-refractivity contribution in [2.24, 2.45) is 0 Å². The summed E-state index contributed by atoms with van der Waals surface area (Å²) in [5, 5.41) is -0.146. The van der Waals surface area contributed by atoms with Crippen LogP contribution in [0.5, 0.6) is 0 Å². The Labute approximate surface area is 133 Å². The van der Waals surface area contributed by atoms with Gasteiger partial charge >= 0.3 is 0 Å². The predicted molar refractivity (Wildman–Crippen MR) is 79.7 cm³/mol. The maximum absolute atomic E-state index is 13.8. The Morgan fingerprint density at radius 3 is 2.43 bits per heavy atom. The first-order chi connectivity index (χ1) is 9.75. The Bertz CT molecular complexity index is 629. The molecule has 0 spiro atoms. The molecule has 1 saturated heterocycles. The SMILES string of the molecule is CC1CN(S(=O)(=O)c2cc(F)c(Cl)c(CCl)c2)CC(C)O1. The number of ether oxygens (including phenoxy) is 1. The molecule has 1 fully saturated rings. The number of nitrogens with zero attached hydrogens (tertiary/aromatic N) is 1. The number of morpholine rings is 1. The molecule has 118 valence electrons. The normalized spacial score (nSPS) is 24.2. The topological polar surface area (TPSA) is 46.6 Å². The minimum atomic E-state index is -3.80. The molecule has 0 aliphatic carbocycles. The molecule has 0 saturated carbocycles. The average Bonchev–Trinajstić information content (AvgIpc) is 2.40. The van der Waals surface area contributed by atoms with Crippen LogP contribution in [0.1, 0.15) is 19.4 Å². The van der Waals surface area contributed by atoms with Crippen LogP contribution in [-0.4, -0.2) is 38.0 Å². The van der Waals surface area contributed by atoms with Crippen LogP contribution < -0.4 is 0 Å². The molecule has 0 radical (unpaired) electrons. The van der Waals surface area contributed by atoms with Gasteiger partial charge in [0.05, 0.1) is 22.1 Å². The van der Waals surface area contributed by atoms with Crippen molar-refractivity contribution in [3.8, 4) is 0 Å². The maximum atomic E-state index is 13.8. The van der Waals surface area contributed by atoms with E-state index >= 15 is 0 Å². The highest BCUT2D eigenvalue weighted by atomic mass is 35.5. The van der Waals surface area contributed by atoms with Crippen LogP contribution >= 0.6 is 23.2 Å². The van der Waals surface area contributed by atoms with E-state index in [4.69, 9.17) is 27.9 Å². The molecule has 1 aromatic carbocycles. The smallest absolute Gasteiger partial charge is 0.243 e. The molecule has 1 aromatic rings. The van der Waals surface area contributed by atoms with Crippen LogP contribution in [-0.2, 0) is 20.6 Å². The molecular formula is C13H16Cl2FNO3S. The van der Waals surface area contributed by atoms with E-state index in [1.165, 1.54) is 10.4 Å². The molecule has 1 aliphatic heterocycles. The molecule has 1 aliphatic rings. The lowest BCUT2D eigenvalue weighted by Gasteiger charge is -2.34. The van der Waals surface area contributed by atoms with Crippen LogP contribution in [0.25, 0.3) is 0 Å². The predicted octanol–water partition coefficient (Wildman–Crippen LogP) is 3.02. The van der Waals surface area contributed by atoms with Crippen molar-refractivity contribution in [1.29, 1.82) is 0 Å². The zero-order chi connectivity index (χ0) is 15.8. The highest BCUT2D eigenvalue weighted by molar-refractivity contribution is 7.89. The van der Waals surface area contributed by atoms with Crippen LogP contribution in [0, 0.1) is 5.82 Å². The van der Waals surface area contributed by atoms with Crippen LogP contribution in [0.15, 0.2) is 17.0 Å². The summed E-state index contributed by atoms with van der Waals surface area (Å²) in [6.07, 6.45) is -0.429. The molecule has 0 amide bonds. The lowest BCUT2D eigenvalue weighted by Crippen LogP contribution is -2.48. The monoisotopic (exact) mass is 355 g/mol. The van der Waals surface area contributed by atoms with E-state index in [-0.39, 0.29) is 46.7 Å². The van der Waals surface area contributed by atoms with E-state index in [0.717, 1.165) is 6.07 Å². The fourth-order valence-corrected chi connectivity index (χ4v) is 4.45. The van der Waals surface area contributed by atoms with Gasteiger partial charge in [0.25, 0.3) is 0 Å². The molecule has 2 unspecified atom stereocenters. The van der Waals surface area contributed by atoms with Crippen LogP contribution in [0.2, 0.25) is 5.02 Å². The third-order valence-corrected chi connectivity index (χ3v) is 5.77. The fourth-order valence-electron chi connectivity index (χ4n) is 2.34. The summed E-state index contributed by atoms with van der Waals surface area (Å²) < 4.78 is 45.8. The highest BCUT2D eigenvalue weighted by Gasteiger charge is 2.33. The van der Waals surface area contributed by atoms with Gasteiger partial charge in [-0.2, -0.15) is 4.31 Å². The van der Waals surface area contributed by atoms with Gasteiger partial charge in [-0.3, -0.25) is 0 Å². The lowest BCUT2D eigenvalue weighted by atomic mass is 10.2. The number of sulfonamides is 1. The Morgan fingerprint density at radius 1 is 1.33 bits per heavy atom. The second-order valence-corrected chi connectivity index (χ2v) is 7.67. The molecule has 21 heavy (non-hydrogen) atoms. The molecule has 4 nitrogen and oxygen atoms in total. The zero-order valence-corrected chi connectivity index (χ0v) is 14.0. The van der Waals surface area contributed by atoms with Gasteiger partial charge in [0.15, 0.2) is 0 Å². The summed E-state index contributed by atoms with van der Waals surface area (Å²) in [6.45, 7) is 4.05. The molecule has 2 atom stereocenters. The van der Waals surface area contributed by atoms with Crippen molar-refractivity contribution in [1.82, 2.24) is 4.31 Å². The minimum absolute atomic E-state index is 0.0605. The molecule has 0 N–H and O–H groups in total. The van der Waals surface area contributed by atoms with Crippen LogP contribution in [0.3, 0.4) is 0 Å². The number of halogens is 3. The third-order valence-electron chi connectivity index (χ3n) is 3.24. The number of benzene rings is 1. The number of hydrogen-bond donors (Lipinski definition) is 0. The Kier molecular flexibility index (Phi) is 5.15. The van der Waals surface area contributed by atoms with E-state index in [9.17, 15) is 12.8 Å². The highest BCUT2D eigenvalue weighted by Crippen LogP contribution is 2.28. The Morgan fingerprint density at radius 2 is 1.90 bits per heavy atom. The van der Waals surface area contributed by atoms with Gasteiger partial charge in [-0.25, -0.2) is 12.8 Å². The van der Waals surface area contributed by atoms with Gasteiger partial charge in [-0.1, -0.05) is 11.6 Å². The summed E-state index contributed by atoms with van der Waals surface area (Å²) in [5.41, 5.74) is 0.256. The van der Waals surface area contributed by atoms with Crippen molar-refractivity contribution in [3.05, 3.63) is 28.5 Å². The Balaban J connectivity index is 2.42. The fraction of sp³-hybridized carbons (Fsp3) is 0.538. The van der Waals surface area contributed by atoms with Crippen molar-refractivity contribution in [3.63, 3.8) is 0 Å². The van der Waals surface area contributed by atoms with Gasteiger partial charge < -0.3 is 4.74 Å². The summed E-state index contributed by atoms with van der Waals surface area (Å²) in [5.74, 6) is -0.850. The number of rotatable bonds is 3. The summed E-state index contributed by atoms with van der Waals surface area (Å²) >= 11 is 11.4. The van der Waals surface area contributed by atoms with Crippen molar-refractivity contribution in [2.75, 3.05) is 13.1 Å². The van der Waals surface area contributed by atoms with Gasteiger partial charge in [-0.05, 0) is 31.5 Å². The van der Waals surface area contributed by atoms with Gasteiger partial charge in [-0.15, -0.1) is 11.6 Å². The van der Waals surface area contributed by atoms with E-state index in [1.807, 2.05) is 0 Å². The average molecular weight is 356 g/mol. The summed E-state index contributed by atoms with van der Waals surface area (Å²) in [7, 11) is -3.80. The van der Waals surface area contributed by atoms with E-state index in [2.05, 4.69) is 0 Å². The molecule has 0 aromatic heterocycles. The first-order valence-corrected chi connectivity index (χ1v) is 8.80. The van der Waals surface area contributed by atoms with Gasteiger partial charge in [0.2, 0.25) is 10.0 Å². The second kappa shape index (κ2) is 6.38. The van der Waals surface area contributed by atoms with Gasteiger partial charge in [0.1, 0.15) is 5.82 Å². The van der Waals surface area contributed by atoms with Crippen molar-refractivity contribution < 1.29 is 17.5 Å². The van der Waals surface area contributed by atoms with Crippen molar-refractivity contribution >= 4 is 33.2 Å². The van der Waals surface area contributed by atoms with E-state index < -0.39 is 15.8 Å². The molecule has 0 bridgehead atoms. The van der Waals surface area contributed by atoms with Gasteiger partial charge in [0, 0.05) is 19.0 Å². The minimum Gasteiger partial charge on any atom is -0.373 e. The van der Waals surface area contributed by atoms with E-state index in [1.54, 1.807) is 13.8 Å². The quantitative estimate of drug-likeness (QED) is 0.783. The zero-order valence-electron chi connectivity index (χ0n) is 11.6. The largest absolute Gasteiger partial charge is 0.373 e. The van der Waals surface area contributed by atoms with E-state index in [0.29, 0.717) is 0 Å². The molecular weight excluding hydrogens is 340 g/mol. The maximum Gasteiger partial charge on any atom is 0.243 e. The van der Waals surface area contributed by atoms with Crippen molar-refractivity contribution in [2.45, 2.75) is 36.8 Å². The first-order valence-electron chi connectivity index (χ1n) is 6.45. The van der Waals surface area contributed by atoms with Crippen LogP contribution in [0.4, 0.5) is 4.39 Å². The standard InChI is InChI=1S/C13H16Cl2FNO3S/c1-8-6-17(7-9(2)20-8)21(18,19)11-3-10(5-14)13(15)12(16)4-11/h3-4,8-9H,5-7H2,1-2H3.